The zero-order valence-corrected chi connectivity index (χ0v) is 22.1. The summed E-state index contributed by atoms with van der Waals surface area (Å²) in [6, 6.07) is 25.0. The second kappa shape index (κ2) is 10.3. The van der Waals surface area contributed by atoms with E-state index in [-0.39, 0.29) is 17.5 Å². The van der Waals surface area contributed by atoms with Gasteiger partial charge >= 0.3 is 5.97 Å². The molecule has 0 aliphatic heterocycles. The van der Waals surface area contributed by atoms with Crippen molar-refractivity contribution in [2.24, 2.45) is 0 Å². The van der Waals surface area contributed by atoms with Gasteiger partial charge in [0, 0.05) is 11.1 Å². The van der Waals surface area contributed by atoms with Crippen molar-refractivity contribution in [1.82, 2.24) is 9.78 Å². The molecule has 0 amide bonds. The van der Waals surface area contributed by atoms with Crippen LogP contribution in [0.3, 0.4) is 0 Å². The Balaban J connectivity index is 1.90. The smallest absolute Gasteiger partial charge is 0.337 e. The number of hydrogen-bond donors (Lipinski definition) is 0. The molecule has 0 unspecified atom stereocenters. The van der Waals surface area contributed by atoms with Gasteiger partial charge in [-0.05, 0) is 85.5 Å². The molecule has 188 valence electrons. The molecule has 0 saturated carbocycles. The molecule has 3 aromatic carbocycles. The second-order valence-electron chi connectivity index (χ2n) is 10.2. The Morgan fingerprint density at radius 2 is 1.62 bits per heavy atom. The van der Waals surface area contributed by atoms with E-state index in [0.29, 0.717) is 11.1 Å². The molecule has 37 heavy (non-hydrogen) atoms. The summed E-state index contributed by atoms with van der Waals surface area (Å²) in [5.41, 5.74) is 6.43. The summed E-state index contributed by atoms with van der Waals surface area (Å²) < 4.78 is 12.8. The number of nitriles is 1. The molecular weight excluding hydrogens is 462 g/mol. The Morgan fingerprint density at radius 1 is 0.946 bits per heavy atom. The number of carbonyl (C=O) groups is 1. The number of benzene rings is 3. The van der Waals surface area contributed by atoms with Gasteiger partial charge in [-0.2, -0.15) is 10.4 Å². The first-order valence-electron chi connectivity index (χ1n) is 12.2. The Kier molecular flexibility index (Phi) is 7.17. The van der Waals surface area contributed by atoms with Crippen molar-refractivity contribution in [3.05, 3.63) is 89.5 Å². The summed E-state index contributed by atoms with van der Waals surface area (Å²) in [7, 11) is 1.37. The minimum atomic E-state index is -0.382. The Bertz CT molecular complexity index is 1450. The Hall–Kier alpha value is -4.37. The molecule has 0 aliphatic rings. The van der Waals surface area contributed by atoms with Crippen molar-refractivity contribution >= 4 is 5.97 Å². The minimum Gasteiger partial charge on any atom is -0.491 e. The zero-order chi connectivity index (χ0) is 26.7. The quantitative estimate of drug-likeness (QED) is 0.272. The van der Waals surface area contributed by atoms with Crippen molar-refractivity contribution in [3.8, 4) is 40.0 Å². The molecule has 0 spiro atoms. The lowest BCUT2D eigenvalue weighted by atomic mass is 9.85. The van der Waals surface area contributed by atoms with Crippen molar-refractivity contribution in [2.45, 2.75) is 46.1 Å². The van der Waals surface area contributed by atoms with Gasteiger partial charge < -0.3 is 9.47 Å². The van der Waals surface area contributed by atoms with Crippen LogP contribution in [0.2, 0.25) is 0 Å². The third-order valence-corrected chi connectivity index (χ3v) is 5.99. The normalized spacial score (nSPS) is 11.3. The molecule has 4 rings (SSSR count). The van der Waals surface area contributed by atoms with E-state index in [4.69, 9.17) is 14.6 Å². The molecule has 6 nitrogen and oxygen atoms in total. The molecule has 0 N–H and O–H groups in total. The van der Waals surface area contributed by atoms with Gasteiger partial charge in [0.05, 0.1) is 47.5 Å². The molecule has 1 aromatic heterocycles. The third-order valence-electron chi connectivity index (χ3n) is 5.99. The van der Waals surface area contributed by atoms with Gasteiger partial charge in [-0.15, -0.1) is 0 Å². The summed E-state index contributed by atoms with van der Waals surface area (Å²) in [5.74, 6) is 0.418. The van der Waals surface area contributed by atoms with Gasteiger partial charge in [0.2, 0.25) is 0 Å². The van der Waals surface area contributed by atoms with E-state index in [1.54, 1.807) is 24.3 Å². The van der Waals surface area contributed by atoms with Crippen LogP contribution in [0, 0.1) is 11.3 Å². The van der Waals surface area contributed by atoms with E-state index >= 15 is 0 Å². The molecular formula is C31H31N3O3. The largest absolute Gasteiger partial charge is 0.491 e. The molecule has 4 aromatic rings. The van der Waals surface area contributed by atoms with Gasteiger partial charge in [0.25, 0.3) is 0 Å². The van der Waals surface area contributed by atoms with E-state index < -0.39 is 0 Å². The highest BCUT2D eigenvalue weighted by atomic mass is 16.5. The first-order valence-corrected chi connectivity index (χ1v) is 12.2. The Morgan fingerprint density at radius 3 is 2.19 bits per heavy atom. The van der Waals surface area contributed by atoms with Crippen LogP contribution < -0.4 is 4.74 Å². The lowest BCUT2D eigenvalue weighted by molar-refractivity contribution is 0.0600. The van der Waals surface area contributed by atoms with Gasteiger partial charge in [-0.1, -0.05) is 32.9 Å². The fourth-order valence-corrected chi connectivity index (χ4v) is 4.02. The molecule has 6 heteroatoms. The highest BCUT2D eigenvalue weighted by molar-refractivity contribution is 5.90. The molecule has 0 fully saturated rings. The SMILES string of the molecule is COC(=O)c1ccc(-c2cc(-c3cc(OC(C)C)cc(C(C)(C)C)c3)n(-c3ccc(C#N)cc3)n2)cc1. The number of carbonyl (C=O) groups excluding carboxylic acids is 1. The maximum absolute atomic E-state index is 11.9. The van der Waals surface area contributed by atoms with Gasteiger partial charge in [0.15, 0.2) is 0 Å². The molecule has 0 aliphatic carbocycles. The third kappa shape index (κ3) is 5.73. The molecule has 0 bridgehead atoms. The number of ether oxygens (including phenoxy) is 2. The average Bonchev–Trinajstić information content (AvgIpc) is 3.33. The van der Waals surface area contributed by atoms with Gasteiger partial charge in [-0.3, -0.25) is 0 Å². The predicted molar refractivity (Wildman–Crippen MR) is 145 cm³/mol. The monoisotopic (exact) mass is 493 g/mol. The fraction of sp³-hybridized carbons (Fsp3) is 0.258. The minimum absolute atomic E-state index is 0.0374. The number of aromatic nitrogens is 2. The number of esters is 1. The maximum Gasteiger partial charge on any atom is 0.337 e. The second-order valence-corrected chi connectivity index (χ2v) is 10.2. The lowest BCUT2D eigenvalue weighted by Gasteiger charge is -2.22. The van der Waals surface area contributed by atoms with Gasteiger partial charge in [-0.25, -0.2) is 9.48 Å². The van der Waals surface area contributed by atoms with E-state index in [9.17, 15) is 10.1 Å². The number of nitrogens with zero attached hydrogens (tertiary/aromatic N) is 3. The standard InChI is InChI=1S/C31H31N3O3/c1-20(2)37-27-16-24(15-25(17-27)31(3,4)5)29-18-28(22-9-11-23(12-10-22)30(35)36-6)33-34(29)26-13-7-21(19-32)8-14-26/h7-18,20H,1-6H3. The van der Waals surface area contributed by atoms with Crippen molar-refractivity contribution in [2.75, 3.05) is 7.11 Å². The summed E-state index contributed by atoms with van der Waals surface area (Å²) in [6.07, 6.45) is 0.0374. The van der Waals surface area contributed by atoms with E-state index in [1.807, 2.05) is 54.9 Å². The van der Waals surface area contributed by atoms with E-state index in [1.165, 1.54) is 7.11 Å². The van der Waals surface area contributed by atoms with Crippen LogP contribution in [0.25, 0.3) is 28.2 Å². The summed E-state index contributed by atoms with van der Waals surface area (Å²) in [6.45, 7) is 10.6. The topological polar surface area (TPSA) is 77.1 Å². The first-order chi connectivity index (χ1) is 17.6. The summed E-state index contributed by atoms with van der Waals surface area (Å²) >= 11 is 0. The molecule has 1 heterocycles. The molecule has 0 atom stereocenters. The van der Waals surface area contributed by atoms with Crippen LogP contribution >= 0.6 is 0 Å². The van der Waals surface area contributed by atoms with Crippen LogP contribution in [-0.2, 0) is 10.2 Å². The lowest BCUT2D eigenvalue weighted by Crippen LogP contribution is -2.13. The number of methoxy groups -OCH3 is 1. The van der Waals surface area contributed by atoms with Crippen LogP contribution in [0.15, 0.2) is 72.8 Å². The molecule has 0 saturated heterocycles. The Labute approximate surface area is 218 Å². The highest BCUT2D eigenvalue weighted by Crippen LogP contribution is 2.35. The van der Waals surface area contributed by atoms with E-state index in [2.05, 4.69) is 39.0 Å². The molecule has 0 radical (unpaired) electrons. The van der Waals surface area contributed by atoms with Crippen LogP contribution in [-0.4, -0.2) is 29.0 Å². The summed E-state index contributed by atoms with van der Waals surface area (Å²) in [4.78, 5) is 11.9. The first kappa shape index (κ1) is 25.7. The predicted octanol–water partition coefficient (Wildman–Crippen LogP) is 6.95. The summed E-state index contributed by atoms with van der Waals surface area (Å²) in [5, 5.41) is 14.2. The number of hydrogen-bond acceptors (Lipinski definition) is 5. The van der Waals surface area contributed by atoms with E-state index in [0.717, 1.165) is 39.5 Å². The van der Waals surface area contributed by atoms with Gasteiger partial charge in [0.1, 0.15) is 5.75 Å². The van der Waals surface area contributed by atoms with Crippen molar-refractivity contribution in [3.63, 3.8) is 0 Å². The van der Waals surface area contributed by atoms with Crippen LogP contribution in [0.5, 0.6) is 5.75 Å². The average molecular weight is 494 g/mol. The van der Waals surface area contributed by atoms with Crippen molar-refractivity contribution < 1.29 is 14.3 Å². The maximum atomic E-state index is 11.9. The fourth-order valence-electron chi connectivity index (χ4n) is 4.02. The van der Waals surface area contributed by atoms with Crippen molar-refractivity contribution in [1.29, 1.82) is 5.26 Å². The van der Waals surface area contributed by atoms with Crippen LogP contribution in [0.1, 0.15) is 56.1 Å². The number of rotatable bonds is 6. The zero-order valence-electron chi connectivity index (χ0n) is 22.1. The highest BCUT2D eigenvalue weighted by Gasteiger charge is 2.20. The van der Waals surface area contributed by atoms with Crippen LogP contribution in [0.4, 0.5) is 0 Å².